The third-order valence-corrected chi connectivity index (χ3v) is 8.06. The minimum Gasteiger partial charge on any atom is -0.481 e. The van der Waals surface area contributed by atoms with Crippen molar-refractivity contribution < 1.29 is 29.3 Å². The second-order valence-electron chi connectivity index (χ2n) is 11.4. The highest BCUT2D eigenvalue weighted by Gasteiger charge is 2.33. The number of hydrogen-bond donors (Lipinski definition) is 3. The second-order valence-corrected chi connectivity index (χ2v) is 11.4. The lowest BCUT2D eigenvalue weighted by molar-refractivity contribution is -0.253. The van der Waals surface area contributed by atoms with Gasteiger partial charge in [-0.1, -0.05) is 74.2 Å². The fourth-order valence-electron chi connectivity index (χ4n) is 5.64. The SMILES string of the molecule is O=C(O)CCCCCC(=O)NCc1ccc(C2OC(CN3CCCCCCC3)CC(c3ccc(CO)cc3)O2)cc1. The maximum absolute atomic E-state index is 12.2. The molecule has 224 valence electrons. The zero-order chi connectivity index (χ0) is 28.9. The first-order chi connectivity index (χ1) is 20.0. The molecule has 3 unspecified atom stereocenters. The van der Waals surface area contributed by atoms with E-state index in [2.05, 4.69) is 10.2 Å². The first-order valence-electron chi connectivity index (χ1n) is 15.3. The van der Waals surface area contributed by atoms with Crippen molar-refractivity contribution in [3.05, 3.63) is 70.8 Å². The van der Waals surface area contributed by atoms with Gasteiger partial charge in [0.1, 0.15) is 0 Å². The number of unbranched alkanes of at least 4 members (excludes halogenated alkanes) is 2. The molecule has 0 saturated carbocycles. The van der Waals surface area contributed by atoms with Crippen LogP contribution in [0.15, 0.2) is 48.5 Å². The number of aliphatic hydroxyl groups excluding tert-OH is 1. The van der Waals surface area contributed by atoms with Crippen LogP contribution < -0.4 is 5.32 Å². The molecule has 8 nitrogen and oxygen atoms in total. The Morgan fingerprint density at radius 3 is 2.12 bits per heavy atom. The molecule has 2 aromatic carbocycles. The van der Waals surface area contributed by atoms with E-state index in [9.17, 15) is 14.7 Å². The zero-order valence-electron chi connectivity index (χ0n) is 24.1. The van der Waals surface area contributed by atoms with E-state index in [1.807, 2.05) is 48.5 Å². The summed E-state index contributed by atoms with van der Waals surface area (Å²) in [5.41, 5.74) is 3.93. The van der Waals surface area contributed by atoms with E-state index >= 15 is 0 Å². The van der Waals surface area contributed by atoms with E-state index in [4.69, 9.17) is 14.6 Å². The Hall–Kier alpha value is -2.78. The fraction of sp³-hybridized carbons (Fsp3) is 0.576. The highest BCUT2D eigenvalue weighted by atomic mass is 16.7. The minimum absolute atomic E-state index is 0.0225. The number of rotatable bonds is 13. The Morgan fingerprint density at radius 1 is 0.805 bits per heavy atom. The van der Waals surface area contributed by atoms with Crippen molar-refractivity contribution in [3.63, 3.8) is 0 Å². The number of carbonyl (C=O) groups is 2. The molecule has 0 spiro atoms. The lowest BCUT2D eigenvalue weighted by atomic mass is 9.99. The largest absolute Gasteiger partial charge is 0.481 e. The van der Waals surface area contributed by atoms with Gasteiger partial charge >= 0.3 is 5.97 Å². The molecule has 0 aliphatic carbocycles. The van der Waals surface area contributed by atoms with Crippen LogP contribution in [0.25, 0.3) is 0 Å². The molecule has 2 heterocycles. The van der Waals surface area contributed by atoms with E-state index in [0.717, 1.165) is 54.7 Å². The van der Waals surface area contributed by atoms with E-state index in [0.29, 0.717) is 25.8 Å². The van der Waals surface area contributed by atoms with E-state index in [1.54, 1.807) is 0 Å². The summed E-state index contributed by atoms with van der Waals surface area (Å²) in [5, 5.41) is 21.1. The molecule has 2 fully saturated rings. The smallest absolute Gasteiger partial charge is 0.303 e. The number of ether oxygens (including phenoxy) is 2. The number of nitrogens with one attached hydrogen (secondary N) is 1. The molecule has 0 bridgehead atoms. The first-order valence-corrected chi connectivity index (χ1v) is 15.3. The van der Waals surface area contributed by atoms with Crippen molar-refractivity contribution in [2.45, 2.75) is 102 Å². The highest BCUT2D eigenvalue weighted by Crippen LogP contribution is 2.38. The summed E-state index contributed by atoms with van der Waals surface area (Å²) in [5.74, 6) is -0.817. The third-order valence-electron chi connectivity index (χ3n) is 8.06. The third kappa shape index (κ3) is 10.5. The van der Waals surface area contributed by atoms with Gasteiger partial charge in [-0.15, -0.1) is 0 Å². The van der Waals surface area contributed by atoms with Crippen molar-refractivity contribution in [2.24, 2.45) is 0 Å². The number of likely N-dealkylation sites (tertiary alicyclic amines) is 1. The fourth-order valence-corrected chi connectivity index (χ4v) is 5.64. The van der Waals surface area contributed by atoms with Crippen LogP contribution in [0.3, 0.4) is 0 Å². The number of aliphatic hydroxyl groups is 1. The molecule has 2 aliphatic heterocycles. The summed E-state index contributed by atoms with van der Waals surface area (Å²) in [6, 6.07) is 16.0. The Bertz CT molecular complexity index is 1070. The molecule has 3 atom stereocenters. The Morgan fingerprint density at radius 2 is 1.44 bits per heavy atom. The average Bonchev–Trinajstić information content (AvgIpc) is 2.97. The molecule has 8 heteroatoms. The number of carbonyl (C=O) groups excluding carboxylic acids is 1. The molecular formula is C33H46N2O6. The van der Waals surface area contributed by atoms with Crippen LogP contribution >= 0.6 is 0 Å². The topological polar surface area (TPSA) is 108 Å². The van der Waals surface area contributed by atoms with Crippen LogP contribution in [0.1, 0.15) is 105 Å². The normalized spacial score (nSPS) is 22.0. The van der Waals surface area contributed by atoms with Crippen molar-refractivity contribution in [3.8, 4) is 0 Å². The Kier molecular flexibility index (Phi) is 12.6. The zero-order valence-corrected chi connectivity index (χ0v) is 24.1. The van der Waals surface area contributed by atoms with Gasteiger partial charge in [-0.3, -0.25) is 9.59 Å². The lowest BCUT2D eigenvalue weighted by Crippen LogP contribution is -2.40. The van der Waals surface area contributed by atoms with Crippen LogP contribution in [0.4, 0.5) is 0 Å². The van der Waals surface area contributed by atoms with E-state index in [-0.39, 0.29) is 31.1 Å². The summed E-state index contributed by atoms with van der Waals surface area (Å²) in [6.07, 6.45) is 9.24. The maximum atomic E-state index is 12.2. The summed E-state index contributed by atoms with van der Waals surface area (Å²) >= 11 is 0. The van der Waals surface area contributed by atoms with Crippen LogP contribution in [0.2, 0.25) is 0 Å². The van der Waals surface area contributed by atoms with E-state index < -0.39 is 12.3 Å². The van der Waals surface area contributed by atoms with Crippen LogP contribution in [-0.2, 0) is 32.2 Å². The number of carboxylic acids is 1. The molecule has 2 aromatic rings. The monoisotopic (exact) mass is 566 g/mol. The van der Waals surface area contributed by atoms with Gasteiger partial charge in [-0.05, 0) is 55.5 Å². The van der Waals surface area contributed by atoms with Crippen LogP contribution in [0.5, 0.6) is 0 Å². The van der Waals surface area contributed by atoms with Gasteiger partial charge in [0.2, 0.25) is 5.91 Å². The molecule has 3 N–H and O–H groups in total. The summed E-state index contributed by atoms with van der Waals surface area (Å²) in [7, 11) is 0. The van der Waals surface area contributed by atoms with E-state index in [1.165, 1.54) is 32.1 Å². The highest BCUT2D eigenvalue weighted by molar-refractivity contribution is 5.75. The van der Waals surface area contributed by atoms with Crippen molar-refractivity contribution in [1.29, 1.82) is 0 Å². The number of benzene rings is 2. The standard InChI is InChI=1S/C33H46N2O6/c36-24-26-13-15-27(16-14-26)30-21-29(23-35-19-7-2-1-3-8-20-35)40-33(41-30)28-17-11-25(12-18-28)22-34-31(37)9-5-4-6-10-32(38)39/h11-18,29-30,33,36H,1-10,19-24H2,(H,34,37)(H,38,39). The van der Waals surface area contributed by atoms with Gasteiger partial charge < -0.3 is 29.9 Å². The number of carboxylic acid groups (broad SMARTS) is 1. The molecular weight excluding hydrogens is 520 g/mol. The lowest BCUT2D eigenvalue weighted by Gasteiger charge is -2.38. The molecule has 0 aromatic heterocycles. The summed E-state index contributed by atoms with van der Waals surface area (Å²) < 4.78 is 13.1. The number of nitrogens with zero attached hydrogens (tertiary/aromatic N) is 1. The number of hydrogen-bond acceptors (Lipinski definition) is 6. The van der Waals surface area contributed by atoms with Crippen molar-refractivity contribution >= 4 is 11.9 Å². The molecule has 2 saturated heterocycles. The first kappa shape index (κ1) is 31.2. The summed E-state index contributed by atoms with van der Waals surface area (Å²) in [4.78, 5) is 25.3. The predicted octanol–water partition coefficient (Wildman–Crippen LogP) is 5.64. The molecule has 0 radical (unpaired) electrons. The molecule has 41 heavy (non-hydrogen) atoms. The quantitative estimate of drug-likeness (QED) is 0.269. The maximum Gasteiger partial charge on any atom is 0.303 e. The Balaban J connectivity index is 1.35. The van der Waals surface area contributed by atoms with Crippen molar-refractivity contribution in [1.82, 2.24) is 10.2 Å². The molecule has 2 aliphatic rings. The van der Waals surface area contributed by atoms with Gasteiger partial charge in [0.15, 0.2) is 6.29 Å². The minimum atomic E-state index is -0.794. The van der Waals surface area contributed by atoms with Gasteiger partial charge in [-0.25, -0.2) is 0 Å². The van der Waals surface area contributed by atoms with Gasteiger partial charge in [0, 0.05) is 37.9 Å². The predicted molar refractivity (Wildman–Crippen MR) is 157 cm³/mol. The van der Waals surface area contributed by atoms with Gasteiger partial charge in [0.05, 0.1) is 18.8 Å². The second kappa shape index (κ2) is 16.6. The Labute approximate surface area is 244 Å². The van der Waals surface area contributed by atoms with Gasteiger partial charge in [-0.2, -0.15) is 0 Å². The molecule has 4 rings (SSSR count). The van der Waals surface area contributed by atoms with Crippen molar-refractivity contribution in [2.75, 3.05) is 19.6 Å². The number of aliphatic carboxylic acids is 1. The summed E-state index contributed by atoms with van der Waals surface area (Å²) in [6.45, 7) is 3.59. The average molecular weight is 567 g/mol. The van der Waals surface area contributed by atoms with Gasteiger partial charge in [0.25, 0.3) is 0 Å². The van der Waals surface area contributed by atoms with Crippen LogP contribution in [0, 0.1) is 0 Å². The number of amides is 1. The molecule has 1 amide bonds. The van der Waals surface area contributed by atoms with Crippen LogP contribution in [-0.4, -0.2) is 52.7 Å².